The third-order valence-corrected chi connectivity index (χ3v) is 6.74. The maximum absolute atomic E-state index is 13.0. The molecule has 3 aliphatic heterocycles. The minimum absolute atomic E-state index is 0.234. The standard InChI is InChI=1S/C19H23NO2/c1-20-15-10-14-12(16(20)19-18(15)22-19)8-5-9-13(14)17(21)11-6-3-2-4-7-11/h2-4,6-7,12-16,18-19H,5,8-10H2,1H3. The van der Waals surface area contributed by atoms with Crippen molar-refractivity contribution in [1.82, 2.24) is 4.90 Å². The highest BCUT2D eigenvalue weighted by molar-refractivity contribution is 5.98. The van der Waals surface area contributed by atoms with Crippen molar-refractivity contribution in [2.45, 2.75) is 50.0 Å². The number of carbonyl (C=O) groups is 1. The summed E-state index contributed by atoms with van der Waals surface area (Å²) in [5, 5.41) is 0. The number of ether oxygens (including phenoxy) is 1. The van der Waals surface area contributed by atoms with Crippen molar-refractivity contribution in [3.8, 4) is 0 Å². The van der Waals surface area contributed by atoms with Gasteiger partial charge in [-0.15, -0.1) is 0 Å². The van der Waals surface area contributed by atoms with Crippen LogP contribution >= 0.6 is 0 Å². The molecule has 0 spiro atoms. The molecule has 1 aromatic carbocycles. The lowest BCUT2D eigenvalue weighted by Crippen LogP contribution is -2.54. The van der Waals surface area contributed by atoms with Crippen molar-refractivity contribution in [1.29, 1.82) is 0 Å². The Labute approximate surface area is 131 Å². The molecule has 4 fully saturated rings. The summed E-state index contributed by atoms with van der Waals surface area (Å²) in [6.45, 7) is 0. The Morgan fingerprint density at radius 2 is 1.95 bits per heavy atom. The highest BCUT2D eigenvalue weighted by Crippen LogP contribution is 2.56. The quantitative estimate of drug-likeness (QED) is 0.621. The van der Waals surface area contributed by atoms with E-state index in [1.165, 1.54) is 12.8 Å². The normalized spacial score (nSPS) is 46.0. The second-order valence-corrected chi connectivity index (χ2v) is 7.62. The van der Waals surface area contributed by atoms with E-state index in [4.69, 9.17) is 4.74 Å². The number of Topliss-reactive ketones (excluding diaryl/α,β-unsaturated/α-hetero) is 1. The molecule has 3 saturated heterocycles. The molecule has 1 aromatic rings. The fraction of sp³-hybridized carbons (Fsp3) is 0.632. The minimum Gasteiger partial charge on any atom is -0.366 e. The van der Waals surface area contributed by atoms with E-state index in [1.807, 2.05) is 30.3 Å². The molecule has 5 rings (SSSR count). The van der Waals surface area contributed by atoms with Crippen LogP contribution in [0.25, 0.3) is 0 Å². The van der Waals surface area contributed by atoms with Gasteiger partial charge in [-0.25, -0.2) is 0 Å². The van der Waals surface area contributed by atoms with Crippen LogP contribution in [0.15, 0.2) is 30.3 Å². The van der Waals surface area contributed by atoms with E-state index in [2.05, 4.69) is 11.9 Å². The molecule has 0 radical (unpaired) electrons. The van der Waals surface area contributed by atoms with Crippen LogP contribution in [0, 0.1) is 17.8 Å². The average Bonchev–Trinajstić information content (AvgIpc) is 3.30. The molecule has 3 heteroatoms. The summed E-state index contributed by atoms with van der Waals surface area (Å²) in [6, 6.07) is 11.0. The topological polar surface area (TPSA) is 32.8 Å². The van der Waals surface area contributed by atoms with E-state index in [1.54, 1.807) is 0 Å². The molecule has 0 amide bonds. The van der Waals surface area contributed by atoms with Gasteiger partial charge in [0.05, 0.1) is 0 Å². The number of epoxide rings is 1. The number of piperidine rings is 1. The predicted octanol–water partition coefficient (Wildman–Crippen LogP) is 2.76. The second kappa shape index (κ2) is 4.65. The van der Waals surface area contributed by atoms with Gasteiger partial charge in [0.1, 0.15) is 12.2 Å². The number of hydrogen-bond acceptors (Lipinski definition) is 3. The van der Waals surface area contributed by atoms with Gasteiger partial charge >= 0.3 is 0 Å². The van der Waals surface area contributed by atoms with Gasteiger partial charge in [0.15, 0.2) is 5.78 Å². The molecular weight excluding hydrogens is 274 g/mol. The maximum atomic E-state index is 13.0. The van der Waals surface area contributed by atoms with Gasteiger partial charge in [-0.3, -0.25) is 9.69 Å². The third-order valence-electron chi connectivity index (χ3n) is 6.74. The van der Waals surface area contributed by atoms with Gasteiger partial charge in [-0.1, -0.05) is 36.8 Å². The molecule has 116 valence electrons. The Balaban J connectivity index is 1.45. The number of rotatable bonds is 2. The first-order chi connectivity index (χ1) is 10.8. The fourth-order valence-electron chi connectivity index (χ4n) is 5.74. The monoisotopic (exact) mass is 297 g/mol. The van der Waals surface area contributed by atoms with Crippen LogP contribution in [0.3, 0.4) is 0 Å². The summed E-state index contributed by atoms with van der Waals surface area (Å²) < 4.78 is 5.89. The Bertz CT molecular complexity index is 601. The van der Waals surface area contributed by atoms with E-state index < -0.39 is 0 Å². The van der Waals surface area contributed by atoms with E-state index >= 15 is 0 Å². The first-order valence-electron chi connectivity index (χ1n) is 8.72. The van der Waals surface area contributed by atoms with Crippen molar-refractivity contribution >= 4 is 5.78 Å². The van der Waals surface area contributed by atoms with Gasteiger partial charge in [0, 0.05) is 23.6 Å². The van der Waals surface area contributed by atoms with Crippen LogP contribution in [0.2, 0.25) is 0 Å². The van der Waals surface area contributed by atoms with Crippen LogP contribution < -0.4 is 0 Å². The SMILES string of the molecule is CN1C2CC3C(C(=O)c4ccccc4)CCCC3C1C1OC12. The van der Waals surface area contributed by atoms with Crippen molar-refractivity contribution < 1.29 is 9.53 Å². The maximum Gasteiger partial charge on any atom is 0.166 e. The van der Waals surface area contributed by atoms with Crippen molar-refractivity contribution in [3.63, 3.8) is 0 Å². The van der Waals surface area contributed by atoms with Crippen molar-refractivity contribution in [3.05, 3.63) is 35.9 Å². The lowest BCUT2D eigenvalue weighted by Gasteiger charge is -2.49. The molecule has 0 aromatic heterocycles. The molecular formula is C19H23NO2. The Kier molecular flexibility index (Phi) is 2.81. The summed E-state index contributed by atoms with van der Waals surface area (Å²) in [4.78, 5) is 15.6. The molecule has 7 atom stereocenters. The summed E-state index contributed by atoms with van der Waals surface area (Å²) in [6.07, 6.45) is 5.63. The number of morpholine rings is 1. The Morgan fingerprint density at radius 1 is 1.14 bits per heavy atom. The first-order valence-corrected chi connectivity index (χ1v) is 8.72. The summed E-state index contributed by atoms with van der Waals surface area (Å²) in [5.74, 6) is 1.85. The predicted molar refractivity (Wildman–Crippen MR) is 83.7 cm³/mol. The van der Waals surface area contributed by atoms with Gasteiger partial charge < -0.3 is 4.74 Å². The zero-order chi connectivity index (χ0) is 14.8. The molecule has 1 saturated carbocycles. The lowest BCUT2D eigenvalue weighted by atomic mass is 9.64. The van der Waals surface area contributed by atoms with Gasteiger partial charge in [0.2, 0.25) is 0 Å². The largest absolute Gasteiger partial charge is 0.366 e. The Morgan fingerprint density at radius 3 is 2.77 bits per heavy atom. The highest BCUT2D eigenvalue weighted by atomic mass is 16.6. The molecule has 0 N–H and O–H groups in total. The van der Waals surface area contributed by atoms with Crippen LogP contribution in [0.5, 0.6) is 0 Å². The van der Waals surface area contributed by atoms with Crippen molar-refractivity contribution in [2.75, 3.05) is 7.05 Å². The van der Waals surface area contributed by atoms with E-state index in [0.717, 1.165) is 18.4 Å². The second-order valence-electron chi connectivity index (χ2n) is 7.62. The Hall–Kier alpha value is -1.19. The van der Waals surface area contributed by atoms with Crippen LogP contribution in [-0.2, 0) is 4.74 Å². The number of ketones is 1. The van der Waals surface area contributed by atoms with E-state index in [9.17, 15) is 4.79 Å². The summed E-state index contributed by atoms with van der Waals surface area (Å²) >= 11 is 0. The molecule has 1 aliphatic carbocycles. The molecule has 4 aliphatic rings. The minimum atomic E-state index is 0.234. The van der Waals surface area contributed by atoms with E-state index in [0.29, 0.717) is 41.9 Å². The molecule has 22 heavy (non-hydrogen) atoms. The number of hydrogen-bond donors (Lipinski definition) is 0. The smallest absolute Gasteiger partial charge is 0.166 e. The zero-order valence-corrected chi connectivity index (χ0v) is 13.0. The number of likely N-dealkylation sites (N-methyl/N-ethyl adjacent to an activating group) is 1. The van der Waals surface area contributed by atoms with Crippen LogP contribution in [0.1, 0.15) is 36.0 Å². The highest BCUT2D eigenvalue weighted by Gasteiger charge is 2.66. The molecule has 3 heterocycles. The molecule has 2 bridgehead atoms. The lowest BCUT2D eigenvalue weighted by molar-refractivity contribution is -0.0330. The average molecular weight is 297 g/mol. The third kappa shape index (κ3) is 1.73. The first kappa shape index (κ1) is 13.3. The summed E-state index contributed by atoms with van der Waals surface area (Å²) in [7, 11) is 2.27. The fourth-order valence-corrected chi connectivity index (χ4v) is 5.74. The van der Waals surface area contributed by atoms with Crippen molar-refractivity contribution in [2.24, 2.45) is 17.8 Å². The molecule has 7 unspecified atom stereocenters. The van der Waals surface area contributed by atoms with Crippen LogP contribution in [-0.4, -0.2) is 42.0 Å². The number of fused-ring (bicyclic) bond motifs is 7. The zero-order valence-electron chi connectivity index (χ0n) is 13.0. The number of benzene rings is 1. The van der Waals surface area contributed by atoms with Crippen LogP contribution in [0.4, 0.5) is 0 Å². The molecule has 3 nitrogen and oxygen atoms in total. The van der Waals surface area contributed by atoms with Gasteiger partial charge in [-0.2, -0.15) is 0 Å². The van der Waals surface area contributed by atoms with Gasteiger partial charge in [0.25, 0.3) is 0 Å². The summed E-state index contributed by atoms with van der Waals surface area (Å²) in [5.41, 5.74) is 0.904. The van der Waals surface area contributed by atoms with E-state index in [-0.39, 0.29) is 5.92 Å². The number of nitrogens with zero attached hydrogens (tertiary/aromatic N) is 1. The van der Waals surface area contributed by atoms with Gasteiger partial charge in [-0.05, 0) is 38.1 Å². The number of carbonyl (C=O) groups excluding carboxylic acids is 1.